The molecule has 5 heteroatoms. The van der Waals surface area contributed by atoms with E-state index in [0.717, 1.165) is 12.1 Å². The molecule has 1 unspecified atom stereocenters. The normalized spacial score (nSPS) is 24.8. The smallest absolute Gasteiger partial charge is 0.361 e. The maximum absolute atomic E-state index is 12.0. The lowest BCUT2D eigenvalue weighted by atomic mass is 10.1. The summed E-state index contributed by atoms with van der Waals surface area (Å²) in [5.41, 5.74) is 1.15. The molecule has 0 aliphatic heterocycles. The summed E-state index contributed by atoms with van der Waals surface area (Å²) in [5, 5.41) is 10.6. The molecule has 1 heterocycles. The Bertz CT molecular complexity index is 468. The molecule has 1 N–H and O–H groups in total. The second kappa shape index (κ2) is 3.09. The number of aromatic nitrogens is 3. The first-order chi connectivity index (χ1) is 7.91. The second-order valence-electron chi connectivity index (χ2n) is 6.18. The molecule has 2 fully saturated rings. The van der Waals surface area contributed by atoms with E-state index in [-0.39, 0.29) is 5.97 Å². The molecule has 0 amide bonds. The van der Waals surface area contributed by atoms with Crippen LogP contribution in [-0.4, -0.2) is 27.0 Å². The zero-order chi connectivity index (χ0) is 12.3. The highest BCUT2D eigenvalue weighted by atomic mass is 16.6. The zero-order valence-electron chi connectivity index (χ0n) is 10.4. The van der Waals surface area contributed by atoms with Crippen LogP contribution in [0.4, 0.5) is 0 Å². The van der Waals surface area contributed by atoms with Crippen molar-refractivity contribution >= 4 is 5.97 Å². The van der Waals surface area contributed by atoms with Gasteiger partial charge in [-0.25, -0.2) is 4.79 Å². The minimum absolute atomic E-state index is 0.369. The van der Waals surface area contributed by atoms with Crippen molar-refractivity contribution in [3.8, 4) is 0 Å². The fourth-order valence-electron chi connectivity index (χ4n) is 2.41. The Balaban J connectivity index is 1.79. The number of hydrogen-bond acceptors (Lipinski definition) is 4. The molecule has 0 saturated heterocycles. The van der Waals surface area contributed by atoms with Gasteiger partial charge in [-0.2, -0.15) is 10.3 Å². The van der Waals surface area contributed by atoms with Crippen molar-refractivity contribution in [2.75, 3.05) is 0 Å². The molecule has 1 aromatic heterocycles. The predicted molar refractivity (Wildman–Crippen MR) is 60.6 cm³/mol. The van der Waals surface area contributed by atoms with Gasteiger partial charge < -0.3 is 4.74 Å². The molecular weight excluding hydrogens is 218 g/mol. The van der Waals surface area contributed by atoms with Gasteiger partial charge >= 0.3 is 5.97 Å². The lowest BCUT2D eigenvalue weighted by molar-refractivity contribution is 0.00614. The standard InChI is InChI=1S/C12H17N3O2/c1-11(2,3)17-10(16)9-8(13-15-14-9)7-6-12(7)4-5-12/h7H,4-6H2,1-3H3,(H,13,14,15). The fraction of sp³-hybridized carbons (Fsp3) is 0.750. The van der Waals surface area contributed by atoms with Gasteiger partial charge in [0.2, 0.25) is 0 Å². The second-order valence-corrected chi connectivity index (χ2v) is 6.18. The SMILES string of the molecule is CC(C)(C)OC(=O)c1n[nH]nc1C1CC12CC2. The van der Waals surface area contributed by atoms with Crippen LogP contribution < -0.4 is 0 Å². The number of rotatable bonds is 2. The Hall–Kier alpha value is -1.39. The molecule has 17 heavy (non-hydrogen) atoms. The van der Waals surface area contributed by atoms with Crippen LogP contribution in [0.3, 0.4) is 0 Å². The number of hydrogen-bond donors (Lipinski definition) is 1. The Kier molecular flexibility index (Phi) is 1.95. The topological polar surface area (TPSA) is 67.9 Å². The first-order valence-electron chi connectivity index (χ1n) is 6.05. The summed E-state index contributed by atoms with van der Waals surface area (Å²) in [4.78, 5) is 12.0. The Morgan fingerprint density at radius 1 is 1.41 bits per heavy atom. The Labute approximate surface area is 99.9 Å². The van der Waals surface area contributed by atoms with E-state index in [1.165, 1.54) is 12.8 Å². The number of ether oxygens (including phenoxy) is 1. The predicted octanol–water partition coefficient (Wildman–Crippen LogP) is 2.03. The minimum Gasteiger partial charge on any atom is -0.455 e. The Morgan fingerprint density at radius 3 is 2.65 bits per heavy atom. The summed E-state index contributed by atoms with van der Waals surface area (Å²) in [6, 6.07) is 0. The van der Waals surface area contributed by atoms with Crippen molar-refractivity contribution in [3.63, 3.8) is 0 Å². The first kappa shape index (κ1) is 10.7. The highest BCUT2D eigenvalue weighted by Crippen LogP contribution is 2.74. The van der Waals surface area contributed by atoms with Crippen LogP contribution in [0.5, 0.6) is 0 Å². The fourth-order valence-corrected chi connectivity index (χ4v) is 2.41. The summed E-state index contributed by atoms with van der Waals surface area (Å²) >= 11 is 0. The molecule has 3 rings (SSSR count). The molecule has 0 radical (unpaired) electrons. The van der Waals surface area contributed by atoms with Gasteiger partial charge in [-0.15, -0.1) is 5.10 Å². The summed E-state index contributed by atoms with van der Waals surface area (Å²) in [5.74, 6) is 0.0488. The third-order valence-electron chi connectivity index (χ3n) is 3.58. The number of carbonyl (C=O) groups excluding carboxylic acids is 1. The van der Waals surface area contributed by atoms with Gasteiger partial charge in [-0.3, -0.25) is 0 Å². The highest BCUT2D eigenvalue weighted by Gasteiger charge is 2.65. The number of carbonyl (C=O) groups is 1. The van der Waals surface area contributed by atoms with Crippen molar-refractivity contribution in [1.82, 2.24) is 15.4 Å². The molecule has 5 nitrogen and oxygen atoms in total. The molecule has 92 valence electrons. The van der Waals surface area contributed by atoms with E-state index in [1.54, 1.807) is 0 Å². The van der Waals surface area contributed by atoms with Crippen LogP contribution in [-0.2, 0) is 4.74 Å². The van der Waals surface area contributed by atoms with Crippen molar-refractivity contribution < 1.29 is 9.53 Å². The van der Waals surface area contributed by atoms with Crippen molar-refractivity contribution in [1.29, 1.82) is 0 Å². The number of H-pyrrole nitrogens is 1. The van der Waals surface area contributed by atoms with Crippen molar-refractivity contribution in [2.24, 2.45) is 5.41 Å². The number of esters is 1. The van der Waals surface area contributed by atoms with E-state index >= 15 is 0 Å². The maximum atomic E-state index is 12.0. The summed E-state index contributed by atoms with van der Waals surface area (Å²) < 4.78 is 5.33. The average molecular weight is 235 g/mol. The molecule has 1 spiro atoms. The van der Waals surface area contributed by atoms with Gasteiger partial charge in [-0.1, -0.05) is 0 Å². The van der Waals surface area contributed by atoms with Crippen LogP contribution in [0.1, 0.15) is 62.1 Å². The zero-order valence-corrected chi connectivity index (χ0v) is 10.4. The minimum atomic E-state index is -0.492. The number of nitrogens with one attached hydrogen (secondary N) is 1. The molecular formula is C12H17N3O2. The van der Waals surface area contributed by atoms with E-state index in [9.17, 15) is 4.79 Å². The van der Waals surface area contributed by atoms with Crippen LogP contribution in [0, 0.1) is 5.41 Å². The largest absolute Gasteiger partial charge is 0.455 e. The monoisotopic (exact) mass is 235 g/mol. The number of nitrogens with zero attached hydrogens (tertiary/aromatic N) is 2. The van der Waals surface area contributed by atoms with Gasteiger partial charge in [0.1, 0.15) is 11.3 Å². The van der Waals surface area contributed by atoms with E-state index < -0.39 is 5.60 Å². The third-order valence-corrected chi connectivity index (χ3v) is 3.58. The van der Waals surface area contributed by atoms with E-state index in [4.69, 9.17) is 4.74 Å². The Morgan fingerprint density at radius 2 is 2.12 bits per heavy atom. The van der Waals surface area contributed by atoms with Gasteiger partial charge in [0.05, 0.1) is 0 Å². The van der Waals surface area contributed by atoms with Gasteiger partial charge in [0, 0.05) is 5.92 Å². The summed E-state index contributed by atoms with van der Waals surface area (Å²) in [7, 11) is 0. The molecule has 2 saturated carbocycles. The summed E-state index contributed by atoms with van der Waals surface area (Å²) in [6.45, 7) is 5.55. The van der Waals surface area contributed by atoms with E-state index in [0.29, 0.717) is 17.0 Å². The van der Waals surface area contributed by atoms with Crippen molar-refractivity contribution in [2.45, 2.75) is 51.6 Å². The molecule has 1 aromatic rings. The quantitative estimate of drug-likeness (QED) is 0.796. The van der Waals surface area contributed by atoms with Gasteiger partial charge in [0.25, 0.3) is 0 Å². The first-order valence-corrected chi connectivity index (χ1v) is 6.05. The molecule has 0 aromatic carbocycles. The molecule has 1 atom stereocenters. The third kappa shape index (κ3) is 1.83. The lowest BCUT2D eigenvalue weighted by Gasteiger charge is -2.18. The van der Waals surface area contributed by atoms with E-state index in [2.05, 4.69) is 15.4 Å². The lowest BCUT2D eigenvalue weighted by Crippen LogP contribution is -2.24. The van der Waals surface area contributed by atoms with Crippen LogP contribution in [0.25, 0.3) is 0 Å². The highest BCUT2D eigenvalue weighted by molar-refractivity contribution is 5.89. The van der Waals surface area contributed by atoms with Crippen LogP contribution >= 0.6 is 0 Å². The van der Waals surface area contributed by atoms with Gasteiger partial charge in [-0.05, 0) is 45.4 Å². The van der Waals surface area contributed by atoms with Crippen LogP contribution in [0.2, 0.25) is 0 Å². The molecule has 0 bridgehead atoms. The van der Waals surface area contributed by atoms with Crippen LogP contribution in [0.15, 0.2) is 0 Å². The molecule has 2 aliphatic carbocycles. The number of aromatic amines is 1. The summed E-state index contributed by atoms with van der Waals surface area (Å²) in [6.07, 6.45) is 3.67. The average Bonchev–Trinajstić information content (AvgIpc) is 3.06. The maximum Gasteiger partial charge on any atom is 0.361 e. The van der Waals surface area contributed by atoms with E-state index in [1.807, 2.05) is 20.8 Å². The van der Waals surface area contributed by atoms with Gasteiger partial charge in [0.15, 0.2) is 5.69 Å². The molecule has 2 aliphatic rings. The van der Waals surface area contributed by atoms with Crippen molar-refractivity contribution in [3.05, 3.63) is 11.4 Å².